The number of benzene rings is 1. The molecule has 1 unspecified atom stereocenters. The van der Waals surface area contributed by atoms with Gasteiger partial charge in [0, 0.05) is 27.2 Å². The molecule has 2 N–H and O–H groups in total. The van der Waals surface area contributed by atoms with Gasteiger partial charge in [-0.1, -0.05) is 13.8 Å². The number of carbonyl (C=O) groups excluding carboxylic acids is 1. The summed E-state index contributed by atoms with van der Waals surface area (Å²) in [5.74, 6) is -0.137. The van der Waals surface area contributed by atoms with Crippen LogP contribution >= 0.6 is 0 Å². The average molecular weight is 428 g/mol. The van der Waals surface area contributed by atoms with Gasteiger partial charge in [-0.2, -0.15) is 4.31 Å². The van der Waals surface area contributed by atoms with Gasteiger partial charge in [0.1, 0.15) is 25.3 Å². The molecule has 1 aromatic rings. The number of hydrogen-bond donors (Lipinski definition) is 2. The predicted octanol–water partition coefficient (Wildman–Crippen LogP) is 0.414. The van der Waals surface area contributed by atoms with Crippen molar-refractivity contribution in [3.8, 4) is 0 Å². The minimum Gasteiger partial charge on any atom is -0.376 e. The van der Waals surface area contributed by atoms with Crippen molar-refractivity contribution in [2.75, 3.05) is 57.0 Å². The molecule has 0 bridgehead atoms. The maximum atomic E-state index is 12.9. The molecule has 1 aliphatic heterocycles. The van der Waals surface area contributed by atoms with Crippen molar-refractivity contribution >= 4 is 27.3 Å². The van der Waals surface area contributed by atoms with E-state index in [1.807, 2.05) is 46.7 Å². The lowest BCUT2D eigenvalue weighted by Gasteiger charge is -2.32. The largest absolute Gasteiger partial charge is 0.376 e. The minimum absolute atomic E-state index is 0.112. The highest BCUT2D eigenvalue weighted by Crippen LogP contribution is 2.29. The summed E-state index contributed by atoms with van der Waals surface area (Å²) in [4.78, 5) is 15.9. The maximum Gasteiger partial charge on any atom is 0.279 e. The van der Waals surface area contributed by atoms with Crippen LogP contribution in [0.1, 0.15) is 27.7 Å². The standard InChI is InChI=1S/C20H34N4O4S/c1-7-24(8-2)29(26,27)17-9-10-19(22(5)6)18(11-17)21-20(25)14-23-12-15(3)28-16(4)13-23/h9-11,15-16H,7-8,12-14H2,1-6H3,(H,21,25)/p+1/t15-,16+. The molecule has 164 valence electrons. The third-order valence-electron chi connectivity index (χ3n) is 5.09. The first-order valence-corrected chi connectivity index (χ1v) is 11.6. The lowest BCUT2D eigenvalue weighted by Crippen LogP contribution is -3.16. The van der Waals surface area contributed by atoms with Gasteiger partial charge in [-0.15, -0.1) is 0 Å². The van der Waals surface area contributed by atoms with Crippen LogP contribution in [0.3, 0.4) is 0 Å². The lowest BCUT2D eigenvalue weighted by atomic mass is 10.2. The van der Waals surface area contributed by atoms with Crippen LogP contribution < -0.4 is 15.1 Å². The molecule has 1 heterocycles. The Balaban J connectivity index is 2.24. The number of nitrogens with one attached hydrogen (secondary N) is 2. The minimum atomic E-state index is -3.60. The van der Waals surface area contributed by atoms with Gasteiger partial charge in [-0.3, -0.25) is 4.79 Å². The van der Waals surface area contributed by atoms with E-state index in [9.17, 15) is 13.2 Å². The highest BCUT2D eigenvalue weighted by atomic mass is 32.2. The van der Waals surface area contributed by atoms with E-state index < -0.39 is 10.0 Å². The lowest BCUT2D eigenvalue weighted by molar-refractivity contribution is -0.907. The van der Waals surface area contributed by atoms with Crippen LogP contribution in [-0.2, 0) is 19.6 Å². The Kier molecular flexibility index (Phi) is 8.04. The van der Waals surface area contributed by atoms with E-state index >= 15 is 0 Å². The topological polar surface area (TPSA) is 83.4 Å². The number of nitrogens with zero attached hydrogens (tertiary/aromatic N) is 2. The Labute approximate surface area is 174 Å². The molecular weight excluding hydrogens is 392 g/mol. The summed E-state index contributed by atoms with van der Waals surface area (Å²) in [7, 11) is 0.121. The number of anilines is 2. The van der Waals surface area contributed by atoms with Crippen LogP contribution in [0.15, 0.2) is 23.1 Å². The summed E-state index contributed by atoms with van der Waals surface area (Å²) in [6.07, 6.45) is 0.225. The Bertz CT molecular complexity index is 799. The molecule has 8 nitrogen and oxygen atoms in total. The van der Waals surface area contributed by atoms with Gasteiger partial charge in [0.05, 0.1) is 16.3 Å². The van der Waals surface area contributed by atoms with Crippen molar-refractivity contribution in [2.24, 2.45) is 0 Å². The van der Waals surface area contributed by atoms with E-state index in [1.165, 1.54) is 4.31 Å². The summed E-state index contributed by atoms with van der Waals surface area (Å²) in [6, 6.07) is 4.88. The smallest absolute Gasteiger partial charge is 0.279 e. The molecule has 9 heteroatoms. The zero-order valence-corrected chi connectivity index (χ0v) is 19.2. The van der Waals surface area contributed by atoms with Gasteiger partial charge in [0.25, 0.3) is 5.91 Å². The van der Waals surface area contributed by atoms with Crippen molar-refractivity contribution in [3.05, 3.63) is 18.2 Å². The van der Waals surface area contributed by atoms with Crippen LogP contribution in [0.5, 0.6) is 0 Å². The number of amides is 1. The first-order valence-electron chi connectivity index (χ1n) is 10.2. The van der Waals surface area contributed by atoms with Crippen LogP contribution in [0.4, 0.5) is 11.4 Å². The third-order valence-corrected chi connectivity index (χ3v) is 7.14. The summed E-state index contributed by atoms with van der Waals surface area (Å²) >= 11 is 0. The number of carbonyl (C=O) groups is 1. The SMILES string of the molecule is CCN(CC)S(=O)(=O)c1ccc(N(C)C)c(NC(=O)C[NH+]2C[C@@H](C)O[C@@H](C)C2)c1. The Hall–Kier alpha value is -1.68. The molecule has 1 aliphatic rings. The van der Waals surface area contributed by atoms with Crippen molar-refractivity contribution in [1.29, 1.82) is 0 Å². The van der Waals surface area contributed by atoms with Gasteiger partial charge in [0.2, 0.25) is 10.0 Å². The number of hydrogen-bond acceptors (Lipinski definition) is 5. The molecule has 1 aromatic carbocycles. The first-order chi connectivity index (χ1) is 13.6. The number of quaternary nitrogens is 1. The number of ether oxygens (including phenoxy) is 1. The van der Waals surface area contributed by atoms with E-state index in [1.54, 1.807) is 18.2 Å². The molecule has 0 aromatic heterocycles. The normalized spacial score (nSPS) is 22.5. The second-order valence-electron chi connectivity index (χ2n) is 7.80. The first kappa shape index (κ1) is 23.6. The van der Waals surface area contributed by atoms with Crippen molar-refractivity contribution in [3.63, 3.8) is 0 Å². The molecule has 0 saturated carbocycles. The zero-order chi connectivity index (χ0) is 21.8. The van der Waals surface area contributed by atoms with Gasteiger partial charge in [-0.25, -0.2) is 8.42 Å². The molecule has 1 fully saturated rings. The highest BCUT2D eigenvalue weighted by Gasteiger charge is 2.28. The molecule has 1 saturated heterocycles. The van der Waals surface area contributed by atoms with Crippen molar-refractivity contribution < 1.29 is 22.8 Å². The van der Waals surface area contributed by atoms with E-state index in [0.717, 1.165) is 23.7 Å². The summed E-state index contributed by atoms with van der Waals surface area (Å²) in [5, 5.41) is 2.93. The van der Waals surface area contributed by atoms with E-state index in [4.69, 9.17) is 4.74 Å². The molecule has 0 aliphatic carbocycles. The quantitative estimate of drug-likeness (QED) is 0.628. The van der Waals surface area contributed by atoms with Crippen LogP contribution in [0.25, 0.3) is 0 Å². The number of rotatable bonds is 8. The maximum absolute atomic E-state index is 12.9. The Morgan fingerprint density at radius 1 is 1.17 bits per heavy atom. The number of sulfonamides is 1. The number of morpholine rings is 1. The summed E-state index contributed by atoms with van der Waals surface area (Å²) in [6.45, 7) is 10.3. The van der Waals surface area contributed by atoms with E-state index in [2.05, 4.69) is 5.32 Å². The van der Waals surface area contributed by atoms with E-state index in [-0.39, 0.29) is 23.0 Å². The predicted molar refractivity (Wildman–Crippen MR) is 115 cm³/mol. The van der Waals surface area contributed by atoms with Crippen molar-refractivity contribution in [1.82, 2.24) is 4.31 Å². The highest BCUT2D eigenvalue weighted by molar-refractivity contribution is 7.89. The zero-order valence-electron chi connectivity index (χ0n) is 18.4. The molecule has 1 amide bonds. The van der Waals surface area contributed by atoms with Crippen LogP contribution in [-0.4, -0.2) is 77.7 Å². The molecule has 3 atom stereocenters. The van der Waals surface area contributed by atoms with Crippen LogP contribution in [0.2, 0.25) is 0 Å². The fraction of sp³-hybridized carbons (Fsp3) is 0.650. The van der Waals surface area contributed by atoms with Crippen molar-refractivity contribution in [2.45, 2.75) is 44.8 Å². The average Bonchev–Trinajstić information content (AvgIpc) is 2.61. The van der Waals surface area contributed by atoms with Gasteiger partial charge < -0.3 is 19.9 Å². The Morgan fingerprint density at radius 2 is 1.76 bits per heavy atom. The summed E-state index contributed by atoms with van der Waals surface area (Å²) in [5.41, 5.74) is 1.26. The van der Waals surface area contributed by atoms with E-state index in [0.29, 0.717) is 25.3 Å². The second kappa shape index (κ2) is 9.88. The fourth-order valence-corrected chi connectivity index (χ4v) is 5.32. The van der Waals surface area contributed by atoms with Crippen LogP contribution in [0, 0.1) is 0 Å². The monoisotopic (exact) mass is 427 g/mol. The Morgan fingerprint density at radius 3 is 2.28 bits per heavy atom. The molecule has 2 rings (SSSR count). The fourth-order valence-electron chi connectivity index (χ4n) is 3.83. The second-order valence-corrected chi connectivity index (χ2v) is 9.74. The van der Waals surface area contributed by atoms with Gasteiger partial charge in [0.15, 0.2) is 6.54 Å². The molecular formula is C20H35N4O4S+. The summed E-state index contributed by atoms with van der Waals surface area (Å²) < 4.78 is 32.9. The molecule has 0 radical (unpaired) electrons. The molecule has 29 heavy (non-hydrogen) atoms. The third kappa shape index (κ3) is 5.91. The molecule has 0 spiro atoms. The van der Waals surface area contributed by atoms with Gasteiger partial charge >= 0.3 is 0 Å². The van der Waals surface area contributed by atoms with Gasteiger partial charge in [-0.05, 0) is 32.0 Å².